The fraction of sp³-hybridized carbons (Fsp3) is 0.500. The molecule has 1 saturated heterocycles. The first-order valence-corrected chi connectivity index (χ1v) is 7.87. The number of hydrogen-bond donors (Lipinski definition) is 1. The van der Waals surface area contributed by atoms with E-state index in [4.69, 9.17) is 10.5 Å². The van der Waals surface area contributed by atoms with E-state index in [2.05, 4.69) is 0 Å². The number of sulfonamides is 1. The van der Waals surface area contributed by atoms with Crippen molar-refractivity contribution in [3.63, 3.8) is 0 Å². The van der Waals surface area contributed by atoms with Crippen LogP contribution in [-0.2, 0) is 14.8 Å². The topological polar surface area (TPSA) is 116 Å². The molecule has 116 valence electrons. The van der Waals surface area contributed by atoms with Gasteiger partial charge in [0.15, 0.2) is 0 Å². The minimum atomic E-state index is -3.78. The maximum atomic E-state index is 12.5. The van der Waals surface area contributed by atoms with Crippen molar-refractivity contribution in [1.82, 2.24) is 4.31 Å². The lowest BCUT2D eigenvalue weighted by molar-refractivity contribution is -0.385. The second kappa shape index (κ2) is 6.06. The summed E-state index contributed by atoms with van der Waals surface area (Å²) in [6.45, 7) is 2.41. The smallest absolute Gasteiger partial charge is 0.273 e. The molecule has 0 amide bonds. The largest absolute Gasteiger partial charge is 0.374 e. The van der Waals surface area contributed by atoms with Crippen molar-refractivity contribution in [3.05, 3.63) is 33.9 Å². The third-order valence-corrected chi connectivity index (χ3v) is 5.24. The maximum Gasteiger partial charge on any atom is 0.273 e. The summed E-state index contributed by atoms with van der Waals surface area (Å²) in [6, 6.07) is 3.91. The van der Waals surface area contributed by atoms with E-state index in [1.165, 1.54) is 16.4 Å². The molecular formula is C12H17N3O5S. The van der Waals surface area contributed by atoms with Gasteiger partial charge in [-0.3, -0.25) is 10.1 Å². The van der Waals surface area contributed by atoms with Gasteiger partial charge in [0.1, 0.15) is 0 Å². The molecule has 21 heavy (non-hydrogen) atoms. The van der Waals surface area contributed by atoms with Crippen molar-refractivity contribution in [2.75, 3.05) is 26.2 Å². The molecule has 0 spiro atoms. The molecule has 2 rings (SSSR count). The lowest BCUT2D eigenvalue weighted by Crippen LogP contribution is -2.48. The molecule has 0 aromatic heterocycles. The minimum absolute atomic E-state index is 0.0857. The predicted octanol–water partition coefficient (Wildman–Crippen LogP) is 0.251. The summed E-state index contributed by atoms with van der Waals surface area (Å²) >= 11 is 0. The Morgan fingerprint density at radius 3 is 2.86 bits per heavy atom. The Morgan fingerprint density at radius 2 is 2.24 bits per heavy atom. The zero-order chi connectivity index (χ0) is 15.6. The summed E-state index contributed by atoms with van der Waals surface area (Å²) < 4.78 is 31.7. The van der Waals surface area contributed by atoms with Crippen LogP contribution < -0.4 is 5.73 Å². The first kappa shape index (κ1) is 15.8. The number of nitro benzene ring substituents is 1. The molecule has 1 aromatic rings. The standard InChI is InChI=1S/C12H17N3O5S/c1-9-2-3-11(6-12(9)15(16)17)21(18,19)14-4-5-20-10(7-13)8-14/h2-3,6,10H,4-5,7-8,13H2,1H3. The van der Waals surface area contributed by atoms with Crippen molar-refractivity contribution in [1.29, 1.82) is 0 Å². The van der Waals surface area contributed by atoms with E-state index in [9.17, 15) is 18.5 Å². The molecule has 0 saturated carbocycles. The molecule has 1 heterocycles. The van der Waals surface area contributed by atoms with Crippen LogP contribution in [0, 0.1) is 17.0 Å². The lowest BCUT2D eigenvalue weighted by Gasteiger charge is -2.31. The average Bonchev–Trinajstić information content (AvgIpc) is 2.47. The van der Waals surface area contributed by atoms with Crippen LogP contribution in [-0.4, -0.2) is 50.0 Å². The number of hydrogen-bond acceptors (Lipinski definition) is 6. The number of benzene rings is 1. The van der Waals surface area contributed by atoms with Crippen LogP contribution in [0.25, 0.3) is 0 Å². The van der Waals surface area contributed by atoms with Gasteiger partial charge in [0, 0.05) is 31.3 Å². The van der Waals surface area contributed by atoms with E-state index >= 15 is 0 Å². The normalized spacial score (nSPS) is 20.4. The van der Waals surface area contributed by atoms with Gasteiger partial charge in [0.2, 0.25) is 10.0 Å². The van der Waals surface area contributed by atoms with Crippen molar-refractivity contribution in [2.24, 2.45) is 5.73 Å². The number of nitro groups is 1. The molecule has 0 aliphatic carbocycles. The molecule has 1 fully saturated rings. The first-order chi connectivity index (χ1) is 9.86. The minimum Gasteiger partial charge on any atom is -0.374 e. The van der Waals surface area contributed by atoms with E-state index in [0.717, 1.165) is 6.07 Å². The monoisotopic (exact) mass is 315 g/mol. The number of aryl methyl sites for hydroxylation is 1. The van der Waals surface area contributed by atoms with Crippen LogP contribution in [0.3, 0.4) is 0 Å². The Bertz CT molecular complexity index is 646. The predicted molar refractivity (Wildman–Crippen MR) is 75.4 cm³/mol. The van der Waals surface area contributed by atoms with E-state index in [-0.39, 0.29) is 42.9 Å². The summed E-state index contributed by atoms with van der Waals surface area (Å²) in [6.07, 6.45) is -0.353. The second-order valence-electron chi connectivity index (χ2n) is 4.80. The Balaban J connectivity index is 2.35. The molecule has 9 heteroatoms. The number of rotatable bonds is 4. The number of morpholine rings is 1. The Labute approximate surface area is 122 Å². The van der Waals surface area contributed by atoms with Crippen molar-refractivity contribution in [2.45, 2.75) is 17.9 Å². The molecule has 1 aromatic carbocycles. The van der Waals surface area contributed by atoms with Gasteiger partial charge in [-0.05, 0) is 13.0 Å². The molecule has 0 radical (unpaired) electrons. The summed E-state index contributed by atoms with van der Waals surface area (Å²) in [5, 5.41) is 10.9. The third kappa shape index (κ3) is 3.21. The molecule has 1 aliphatic rings. The number of ether oxygens (including phenoxy) is 1. The van der Waals surface area contributed by atoms with Crippen LogP contribution in [0.2, 0.25) is 0 Å². The van der Waals surface area contributed by atoms with Gasteiger partial charge in [-0.1, -0.05) is 6.07 Å². The highest BCUT2D eigenvalue weighted by Gasteiger charge is 2.31. The zero-order valence-electron chi connectivity index (χ0n) is 11.6. The highest BCUT2D eigenvalue weighted by Crippen LogP contribution is 2.25. The number of nitrogens with zero attached hydrogens (tertiary/aromatic N) is 2. The van der Waals surface area contributed by atoms with Gasteiger partial charge in [-0.25, -0.2) is 8.42 Å². The van der Waals surface area contributed by atoms with E-state index in [1.54, 1.807) is 6.92 Å². The molecule has 1 aliphatic heterocycles. The summed E-state index contributed by atoms with van der Waals surface area (Å²) in [5.41, 5.74) is 5.70. The van der Waals surface area contributed by atoms with Crippen LogP contribution >= 0.6 is 0 Å². The SMILES string of the molecule is Cc1ccc(S(=O)(=O)N2CCOC(CN)C2)cc1[N+](=O)[O-]. The van der Waals surface area contributed by atoms with Crippen LogP contribution in [0.1, 0.15) is 5.56 Å². The van der Waals surface area contributed by atoms with Gasteiger partial charge in [-0.15, -0.1) is 0 Å². The first-order valence-electron chi connectivity index (χ1n) is 6.43. The van der Waals surface area contributed by atoms with Crippen molar-refractivity contribution < 1.29 is 18.1 Å². The third-order valence-electron chi connectivity index (χ3n) is 3.38. The molecule has 2 N–H and O–H groups in total. The number of nitrogens with two attached hydrogens (primary N) is 1. The van der Waals surface area contributed by atoms with Crippen LogP contribution in [0.4, 0.5) is 5.69 Å². The summed E-state index contributed by atoms with van der Waals surface area (Å²) in [7, 11) is -3.78. The van der Waals surface area contributed by atoms with E-state index in [0.29, 0.717) is 5.56 Å². The van der Waals surface area contributed by atoms with E-state index in [1.807, 2.05) is 0 Å². The lowest BCUT2D eigenvalue weighted by atomic mass is 10.2. The van der Waals surface area contributed by atoms with Crippen molar-refractivity contribution >= 4 is 15.7 Å². The highest BCUT2D eigenvalue weighted by molar-refractivity contribution is 7.89. The summed E-state index contributed by atoms with van der Waals surface area (Å²) in [4.78, 5) is 10.3. The van der Waals surface area contributed by atoms with Crippen LogP contribution in [0.5, 0.6) is 0 Å². The molecule has 8 nitrogen and oxygen atoms in total. The van der Waals surface area contributed by atoms with Crippen LogP contribution in [0.15, 0.2) is 23.1 Å². The molecule has 1 unspecified atom stereocenters. The Hall–Kier alpha value is -1.55. The average molecular weight is 315 g/mol. The van der Waals surface area contributed by atoms with Gasteiger partial charge >= 0.3 is 0 Å². The Morgan fingerprint density at radius 1 is 1.52 bits per heavy atom. The van der Waals surface area contributed by atoms with Crippen molar-refractivity contribution in [3.8, 4) is 0 Å². The molecule has 0 bridgehead atoms. The van der Waals surface area contributed by atoms with E-state index < -0.39 is 14.9 Å². The zero-order valence-corrected chi connectivity index (χ0v) is 12.4. The quantitative estimate of drug-likeness (QED) is 0.629. The molecule has 1 atom stereocenters. The maximum absolute atomic E-state index is 12.5. The summed E-state index contributed by atoms with van der Waals surface area (Å²) in [5.74, 6) is 0. The van der Waals surface area contributed by atoms with Gasteiger partial charge in [-0.2, -0.15) is 4.31 Å². The molecular weight excluding hydrogens is 298 g/mol. The van der Waals surface area contributed by atoms with Gasteiger partial charge < -0.3 is 10.5 Å². The second-order valence-corrected chi connectivity index (χ2v) is 6.73. The highest BCUT2D eigenvalue weighted by atomic mass is 32.2. The van der Waals surface area contributed by atoms with Gasteiger partial charge in [0.05, 0.1) is 22.5 Å². The fourth-order valence-electron chi connectivity index (χ4n) is 2.15. The Kier molecular flexibility index (Phi) is 4.57. The van der Waals surface area contributed by atoms with Gasteiger partial charge in [0.25, 0.3) is 5.69 Å². The fourth-order valence-corrected chi connectivity index (χ4v) is 3.62.